The molecule has 0 saturated carbocycles. The summed E-state index contributed by atoms with van der Waals surface area (Å²) < 4.78 is 17.1. The van der Waals surface area contributed by atoms with Crippen LogP contribution in [0.15, 0.2) is 0 Å². The summed E-state index contributed by atoms with van der Waals surface area (Å²) in [7, 11) is 1.68. The van der Waals surface area contributed by atoms with Crippen molar-refractivity contribution in [2.24, 2.45) is 0 Å². The summed E-state index contributed by atoms with van der Waals surface area (Å²) in [5.41, 5.74) is -0.439. The van der Waals surface area contributed by atoms with E-state index in [0.717, 1.165) is 45.1 Å². The largest absolute Gasteiger partial charge is 0.394 e. The Hall–Kier alpha value is -0.160. The maximum Gasteiger partial charge on any atom is 0.158 e. The zero-order valence-corrected chi connectivity index (χ0v) is 12.0. The summed E-state index contributed by atoms with van der Waals surface area (Å²) in [5.74, 6) is 0. The first kappa shape index (κ1) is 15.9. The lowest BCUT2D eigenvalue weighted by molar-refractivity contribution is -0.238. The molecule has 0 aromatic carbocycles. The Kier molecular flexibility index (Phi) is 7.15. The van der Waals surface area contributed by atoms with Crippen molar-refractivity contribution in [3.63, 3.8) is 0 Å². The van der Waals surface area contributed by atoms with Crippen LogP contribution >= 0.6 is 0 Å². The molecule has 1 unspecified atom stereocenters. The van der Waals surface area contributed by atoms with Gasteiger partial charge < -0.3 is 19.3 Å². The van der Waals surface area contributed by atoms with E-state index in [0.29, 0.717) is 0 Å². The van der Waals surface area contributed by atoms with Crippen molar-refractivity contribution in [3.05, 3.63) is 0 Å². The van der Waals surface area contributed by atoms with E-state index in [1.807, 2.05) is 6.92 Å². The van der Waals surface area contributed by atoms with Crippen molar-refractivity contribution in [1.29, 1.82) is 0 Å². The molecule has 4 heteroatoms. The van der Waals surface area contributed by atoms with Gasteiger partial charge in [0.1, 0.15) is 6.10 Å². The molecule has 4 nitrogen and oxygen atoms in total. The van der Waals surface area contributed by atoms with Crippen molar-refractivity contribution in [3.8, 4) is 0 Å². The first-order valence-electron chi connectivity index (χ1n) is 7.09. The highest BCUT2D eigenvalue weighted by Crippen LogP contribution is 2.27. The van der Waals surface area contributed by atoms with Gasteiger partial charge in [0.25, 0.3) is 0 Å². The molecule has 0 radical (unpaired) electrons. The molecule has 0 amide bonds. The Morgan fingerprint density at radius 1 is 1.44 bits per heavy atom. The summed E-state index contributed by atoms with van der Waals surface area (Å²) in [4.78, 5) is 0. The quantitative estimate of drug-likeness (QED) is 0.728. The van der Waals surface area contributed by atoms with E-state index in [4.69, 9.17) is 14.2 Å². The van der Waals surface area contributed by atoms with Gasteiger partial charge in [-0.3, -0.25) is 0 Å². The molecule has 0 bridgehead atoms. The van der Waals surface area contributed by atoms with E-state index in [1.165, 1.54) is 0 Å². The van der Waals surface area contributed by atoms with Crippen LogP contribution in [0.5, 0.6) is 0 Å². The molecule has 108 valence electrons. The monoisotopic (exact) mass is 260 g/mol. The SMILES string of the molecule is CCCC[C@@](C)(OC)[C@@H](CO)OC1CCCCO1. The molecule has 1 fully saturated rings. The van der Waals surface area contributed by atoms with E-state index >= 15 is 0 Å². The molecule has 1 N–H and O–H groups in total. The molecule has 1 rings (SSSR count). The van der Waals surface area contributed by atoms with Crippen LogP contribution in [0, 0.1) is 0 Å². The Bertz CT molecular complexity index is 216. The summed E-state index contributed by atoms with van der Waals surface area (Å²) >= 11 is 0. The molecule has 1 heterocycles. The third-order valence-electron chi connectivity index (χ3n) is 3.79. The summed E-state index contributed by atoms with van der Waals surface area (Å²) in [6, 6.07) is 0. The first-order valence-corrected chi connectivity index (χ1v) is 7.09. The fourth-order valence-corrected chi connectivity index (χ4v) is 2.30. The van der Waals surface area contributed by atoms with Crippen LogP contribution in [0.2, 0.25) is 0 Å². The highest BCUT2D eigenvalue weighted by Gasteiger charge is 2.36. The highest BCUT2D eigenvalue weighted by molar-refractivity contribution is 4.85. The standard InChI is InChI=1S/C14H28O4/c1-4-5-9-14(2,16-3)12(11-15)18-13-8-6-7-10-17-13/h12-13,15H,4-11H2,1-3H3/t12-,13?,14-/m1/s1. The molecule has 0 aliphatic carbocycles. The van der Waals surface area contributed by atoms with Gasteiger partial charge in [-0.05, 0) is 32.6 Å². The minimum atomic E-state index is -0.439. The molecular weight excluding hydrogens is 232 g/mol. The van der Waals surface area contributed by atoms with E-state index in [-0.39, 0.29) is 19.0 Å². The predicted octanol–water partition coefficient (Wildman–Crippen LogP) is 2.49. The Morgan fingerprint density at radius 2 is 2.22 bits per heavy atom. The van der Waals surface area contributed by atoms with Gasteiger partial charge in [-0.15, -0.1) is 0 Å². The number of aliphatic hydroxyl groups is 1. The maximum absolute atomic E-state index is 9.56. The van der Waals surface area contributed by atoms with Crippen molar-refractivity contribution >= 4 is 0 Å². The van der Waals surface area contributed by atoms with Crippen LogP contribution in [0.3, 0.4) is 0 Å². The lowest BCUT2D eigenvalue weighted by Crippen LogP contribution is -2.47. The normalized spacial score (nSPS) is 25.7. The molecular formula is C14H28O4. The third-order valence-corrected chi connectivity index (χ3v) is 3.79. The molecule has 18 heavy (non-hydrogen) atoms. The fourth-order valence-electron chi connectivity index (χ4n) is 2.30. The van der Waals surface area contributed by atoms with Crippen LogP contribution in [0.25, 0.3) is 0 Å². The summed E-state index contributed by atoms with van der Waals surface area (Å²) in [5, 5.41) is 9.56. The van der Waals surface area contributed by atoms with E-state index in [9.17, 15) is 5.11 Å². The Labute approximate surface area is 111 Å². The van der Waals surface area contributed by atoms with Gasteiger partial charge in [0.15, 0.2) is 6.29 Å². The summed E-state index contributed by atoms with van der Waals surface area (Å²) in [6.45, 7) is 4.87. The second-order valence-electron chi connectivity index (χ2n) is 5.22. The minimum Gasteiger partial charge on any atom is -0.394 e. The van der Waals surface area contributed by atoms with Crippen LogP contribution in [0.1, 0.15) is 52.4 Å². The van der Waals surface area contributed by atoms with Crippen molar-refractivity contribution in [2.75, 3.05) is 20.3 Å². The number of rotatable bonds is 8. The van der Waals surface area contributed by atoms with Gasteiger partial charge in [0.05, 0.1) is 12.2 Å². The number of methoxy groups -OCH3 is 1. The number of hydrogen-bond acceptors (Lipinski definition) is 4. The molecule has 3 atom stereocenters. The zero-order chi connectivity index (χ0) is 13.4. The number of hydrogen-bond donors (Lipinski definition) is 1. The van der Waals surface area contributed by atoms with Crippen molar-refractivity contribution < 1.29 is 19.3 Å². The molecule has 0 aromatic rings. The topological polar surface area (TPSA) is 47.9 Å². The van der Waals surface area contributed by atoms with Crippen LogP contribution < -0.4 is 0 Å². The van der Waals surface area contributed by atoms with Gasteiger partial charge >= 0.3 is 0 Å². The van der Waals surface area contributed by atoms with E-state index < -0.39 is 5.60 Å². The van der Waals surface area contributed by atoms with E-state index in [2.05, 4.69) is 6.92 Å². The van der Waals surface area contributed by atoms with Gasteiger partial charge in [0, 0.05) is 13.7 Å². The average Bonchev–Trinajstić information content (AvgIpc) is 2.43. The third kappa shape index (κ3) is 4.50. The first-order chi connectivity index (χ1) is 8.66. The molecule has 1 aliphatic heterocycles. The number of ether oxygens (including phenoxy) is 3. The predicted molar refractivity (Wildman–Crippen MR) is 70.5 cm³/mol. The number of unbranched alkanes of at least 4 members (excludes halogenated alkanes) is 1. The molecule has 0 aromatic heterocycles. The second kappa shape index (κ2) is 8.10. The Morgan fingerprint density at radius 3 is 2.72 bits per heavy atom. The maximum atomic E-state index is 9.56. The summed E-state index contributed by atoms with van der Waals surface area (Å²) in [6.07, 6.45) is 5.68. The highest BCUT2D eigenvalue weighted by atomic mass is 16.7. The fraction of sp³-hybridized carbons (Fsp3) is 1.00. The van der Waals surface area contributed by atoms with Gasteiger partial charge in [-0.2, -0.15) is 0 Å². The van der Waals surface area contributed by atoms with E-state index in [1.54, 1.807) is 7.11 Å². The Balaban J connectivity index is 2.54. The van der Waals surface area contributed by atoms with Crippen molar-refractivity contribution in [1.82, 2.24) is 0 Å². The smallest absolute Gasteiger partial charge is 0.158 e. The van der Waals surface area contributed by atoms with Gasteiger partial charge in [0.2, 0.25) is 0 Å². The minimum absolute atomic E-state index is 0.0338. The average molecular weight is 260 g/mol. The van der Waals surface area contributed by atoms with Crippen molar-refractivity contribution in [2.45, 2.75) is 70.4 Å². The van der Waals surface area contributed by atoms with Gasteiger partial charge in [-0.1, -0.05) is 19.8 Å². The van der Waals surface area contributed by atoms with Gasteiger partial charge in [-0.25, -0.2) is 0 Å². The second-order valence-corrected chi connectivity index (χ2v) is 5.22. The number of aliphatic hydroxyl groups excluding tert-OH is 1. The molecule has 1 aliphatic rings. The lowest BCUT2D eigenvalue weighted by atomic mass is 9.92. The van der Waals surface area contributed by atoms with Crippen LogP contribution in [-0.4, -0.2) is 43.4 Å². The molecule has 0 spiro atoms. The lowest BCUT2D eigenvalue weighted by Gasteiger charge is -2.38. The molecule has 1 saturated heterocycles. The van der Waals surface area contributed by atoms with Crippen LogP contribution in [0.4, 0.5) is 0 Å². The zero-order valence-electron chi connectivity index (χ0n) is 12.0. The van der Waals surface area contributed by atoms with Crippen LogP contribution in [-0.2, 0) is 14.2 Å².